The van der Waals surface area contributed by atoms with E-state index in [1.165, 1.54) is 6.07 Å². The molecule has 7 heteroatoms. The summed E-state index contributed by atoms with van der Waals surface area (Å²) in [7, 11) is 0.133. The second-order valence-electron chi connectivity index (χ2n) is 4.73. The maximum absolute atomic E-state index is 12.3. The first-order valence-electron chi connectivity index (χ1n) is 6.15. The third-order valence-electron chi connectivity index (χ3n) is 2.90. The van der Waals surface area contributed by atoms with Gasteiger partial charge in [0.2, 0.25) is 0 Å². The minimum absolute atomic E-state index is 0.0578. The molecule has 2 aromatic carbocycles. The highest BCUT2D eigenvalue weighted by Gasteiger charge is 2.17. The highest BCUT2D eigenvalue weighted by molar-refractivity contribution is 9.10. The molecule has 3 N–H and O–H groups in total. The van der Waals surface area contributed by atoms with E-state index in [4.69, 9.17) is 5.73 Å². The molecule has 5 nitrogen and oxygen atoms in total. The second kappa shape index (κ2) is 5.95. The lowest BCUT2D eigenvalue weighted by molar-refractivity contribution is 0.601. The lowest BCUT2D eigenvalue weighted by Gasteiger charge is -2.14. The Hall–Kier alpha value is -1.73. The summed E-state index contributed by atoms with van der Waals surface area (Å²) in [5.41, 5.74) is 7.44. The van der Waals surface area contributed by atoms with Crippen LogP contribution in [0.2, 0.25) is 0 Å². The van der Waals surface area contributed by atoms with E-state index in [-0.39, 0.29) is 10.6 Å². The average molecular weight is 370 g/mol. The lowest BCUT2D eigenvalue weighted by Crippen LogP contribution is -2.15. The van der Waals surface area contributed by atoms with E-state index in [1.54, 1.807) is 24.3 Å². The number of rotatable bonds is 4. The van der Waals surface area contributed by atoms with Crippen LogP contribution in [0.3, 0.4) is 0 Å². The fourth-order valence-electron chi connectivity index (χ4n) is 1.80. The van der Waals surface area contributed by atoms with E-state index in [0.717, 1.165) is 10.2 Å². The highest BCUT2D eigenvalue weighted by atomic mass is 79.9. The van der Waals surface area contributed by atoms with Crippen molar-refractivity contribution in [2.45, 2.75) is 4.90 Å². The van der Waals surface area contributed by atoms with Crippen molar-refractivity contribution in [3.8, 4) is 0 Å². The Labute approximate surface area is 132 Å². The second-order valence-corrected chi connectivity index (χ2v) is 7.30. The Bertz CT molecular complexity index is 743. The van der Waals surface area contributed by atoms with Gasteiger partial charge in [-0.2, -0.15) is 0 Å². The van der Waals surface area contributed by atoms with Gasteiger partial charge in [-0.15, -0.1) is 0 Å². The fourth-order valence-corrected chi connectivity index (χ4v) is 3.35. The molecule has 0 atom stereocenters. The Morgan fingerprint density at radius 3 is 2.24 bits per heavy atom. The molecule has 0 unspecified atom stereocenters. The van der Waals surface area contributed by atoms with Crippen molar-refractivity contribution in [1.82, 2.24) is 0 Å². The molecule has 21 heavy (non-hydrogen) atoms. The van der Waals surface area contributed by atoms with Crippen LogP contribution in [-0.4, -0.2) is 22.5 Å². The third kappa shape index (κ3) is 3.68. The molecule has 0 fully saturated rings. The number of sulfonamides is 1. The molecular formula is C14H16BrN3O2S. The predicted molar refractivity (Wildman–Crippen MR) is 90.1 cm³/mol. The van der Waals surface area contributed by atoms with Crippen LogP contribution in [0, 0.1) is 0 Å². The van der Waals surface area contributed by atoms with Crippen molar-refractivity contribution in [3.63, 3.8) is 0 Å². The Kier molecular flexibility index (Phi) is 4.43. The van der Waals surface area contributed by atoms with Gasteiger partial charge in [-0.25, -0.2) is 8.42 Å². The van der Waals surface area contributed by atoms with Crippen LogP contribution in [0.1, 0.15) is 0 Å². The number of nitrogens with one attached hydrogen (secondary N) is 1. The van der Waals surface area contributed by atoms with Gasteiger partial charge in [-0.05, 0) is 42.5 Å². The summed E-state index contributed by atoms with van der Waals surface area (Å²) in [6.07, 6.45) is 0. The van der Waals surface area contributed by atoms with Gasteiger partial charge >= 0.3 is 0 Å². The molecular weight excluding hydrogens is 354 g/mol. The quantitative estimate of drug-likeness (QED) is 0.812. The fraction of sp³-hybridized carbons (Fsp3) is 0.143. The standard InChI is InChI=1S/C14H16BrN3O2S/c1-18(2)12-6-4-11(5-7-12)17-21(19,20)14-8-3-10(15)9-13(14)16/h3-9,17H,16H2,1-2H3. The third-order valence-corrected chi connectivity index (χ3v) is 4.85. The maximum Gasteiger partial charge on any atom is 0.263 e. The number of nitrogens with two attached hydrogens (primary N) is 1. The molecule has 2 aromatic rings. The normalized spacial score (nSPS) is 11.2. The van der Waals surface area contributed by atoms with Gasteiger partial charge in [-0.1, -0.05) is 15.9 Å². The molecule has 0 aromatic heterocycles. The molecule has 0 saturated heterocycles. The molecule has 0 saturated carbocycles. The van der Waals surface area contributed by atoms with Crippen LogP contribution in [-0.2, 0) is 10.0 Å². The number of anilines is 3. The van der Waals surface area contributed by atoms with E-state index < -0.39 is 10.0 Å². The van der Waals surface area contributed by atoms with Gasteiger partial charge in [0, 0.05) is 29.9 Å². The van der Waals surface area contributed by atoms with E-state index >= 15 is 0 Å². The number of nitrogens with zero attached hydrogens (tertiary/aromatic N) is 1. The summed E-state index contributed by atoms with van der Waals surface area (Å²) in [5, 5.41) is 0. The van der Waals surface area contributed by atoms with Crippen molar-refractivity contribution in [2.75, 3.05) is 29.5 Å². The minimum Gasteiger partial charge on any atom is -0.398 e. The predicted octanol–water partition coefficient (Wildman–Crippen LogP) is 2.90. The first kappa shape index (κ1) is 15.7. The van der Waals surface area contributed by atoms with E-state index in [9.17, 15) is 8.42 Å². The van der Waals surface area contributed by atoms with Crippen molar-refractivity contribution in [1.29, 1.82) is 0 Å². The lowest BCUT2D eigenvalue weighted by atomic mass is 10.3. The first-order chi connectivity index (χ1) is 9.79. The Morgan fingerprint density at radius 1 is 1.10 bits per heavy atom. The molecule has 2 rings (SSSR count). The molecule has 0 amide bonds. The zero-order valence-electron chi connectivity index (χ0n) is 11.7. The summed E-state index contributed by atoms with van der Waals surface area (Å²) >= 11 is 3.25. The van der Waals surface area contributed by atoms with Gasteiger partial charge in [0.1, 0.15) is 4.90 Å². The summed E-state index contributed by atoms with van der Waals surface area (Å²) < 4.78 is 27.9. The van der Waals surface area contributed by atoms with Gasteiger partial charge in [0.25, 0.3) is 10.0 Å². The zero-order valence-corrected chi connectivity index (χ0v) is 14.1. The molecule has 0 bridgehead atoms. The summed E-state index contributed by atoms with van der Waals surface area (Å²) in [5.74, 6) is 0. The van der Waals surface area contributed by atoms with Gasteiger partial charge in [0.15, 0.2) is 0 Å². The van der Waals surface area contributed by atoms with Crippen molar-refractivity contribution in [2.24, 2.45) is 0 Å². The number of hydrogen-bond acceptors (Lipinski definition) is 4. The number of benzene rings is 2. The first-order valence-corrected chi connectivity index (χ1v) is 8.42. The zero-order chi connectivity index (χ0) is 15.6. The van der Waals surface area contributed by atoms with Crippen LogP contribution in [0.25, 0.3) is 0 Å². The molecule has 0 aliphatic rings. The number of nitrogen functional groups attached to an aromatic ring is 1. The molecule has 0 heterocycles. The van der Waals surface area contributed by atoms with Crippen LogP contribution >= 0.6 is 15.9 Å². The van der Waals surface area contributed by atoms with Crippen molar-refractivity contribution >= 4 is 43.0 Å². The Balaban J connectivity index is 2.28. The smallest absolute Gasteiger partial charge is 0.263 e. The van der Waals surface area contributed by atoms with Gasteiger partial charge in [-0.3, -0.25) is 4.72 Å². The molecule has 0 aliphatic heterocycles. The SMILES string of the molecule is CN(C)c1ccc(NS(=O)(=O)c2ccc(Br)cc2N)cc1. The average Bonchev–Trinajstić information content (AvgIpc) is 2.38. The minimum atomic E-state index is -3.70. The molecule has 0 aliphatic carbocycles. The number of hydrogen-bond donors (Lipinski definition) is 2. The Morgan fingerprint density at radius 2 is 1.71 bits per heavy atom. The van der Waals surface area contributed by atoms with E-state index in [0.29, 0.717) is 5.69 Å². The summed E-state index contributed by atoms with van der Waals surface area (Å²) in [6.45, 7) is 0. The van der Waals surface area contributed by atoms with E-state index in [1.807, 2.05) is 31.1 Å². The van der Waals surface area contributed by atoms with Crippen LogP contribution in [0.15, 0.2) is 51.8 Å². The molecule has 112 valence electrons. The largest absolute Gasteiger partial charge is 0.398 e. The highest BCUT2D eigenvalue weighted by Crippen LogP contribution is 2.25. The topological polar surface area (TPSA) is 75.4 Å². The van der Waals surface area contributed by atoms with Crippen LogP contribution in [0.5, 0.6) is 0 Å². The van der Waals surface area contributed by atoms with Gasteiger partial charge in [0.05, 0.1) is 5.69 Å². The number of halogens is 1. The van der Waals surface area contributed by atoms with E-state index in [2.05, 4.69) is 20.7 Å². The summed E-state index contributed by atoms with van der Waals surface area (Å²) in [6, 6.07) is 11.8. The maximum atomic E-state index is 12.3. The van der Waals surface area contributed by atoms with Crippen molar-refractivity contribution in [3.05, 3.63) is 46.9 Å². The van der Waals surface area contributed by atoms with Crippen LogP contribution in [0.4, 0.5) is 17.1 Å². The van der Waals surface area contributed by atoms with Crippen LogP contribution < -0.4 is 15.4 Å². The van der Waals surface area contributed by atoms with Gasteiger partial charge < -0.3 is 10.6 Å². The molecule has 0 spiro atoms. The summed E-state index contributed by atoms with van der Waals surface area (Å²) in [4.78, 5) is 1.99. The monoisotopic (exact) mass is 369 g/mol. The molecule has 0 radical (unpaired) electrons. The van der Waals surface area contributed by atoms with Crippen molar-refractivity contribution < 1.29 is 8.42 Å².